The lowest BCUT2D eigenvalue weighted by atomic mass is 10.0. The Balaban J connectivity index is 2.36. The van der Waals surface area contributed by atoms with Gasteiger partial charge < -0.3 is 4.90 Å². The molecule has 0 spiro atoms. The van der Waals surface area contributed by atoms with Crippen molar-refractivity contribution in [1.82, 2.24) is 4.90 Å². The molecule has 1 saturated carbocycles. The highest BCUT2D eigenvalue weighted by Gasteiger charge is 2.43. The van der Waals surface area contributed by atoms with Crippen LogP contribution >= 0.6 is 0 Å². The van der Waals surface area contributed by atoms with Crippen LogP contribution in [0.1, 0.15) is 39.5 Å². The van der Waals surface area contributed by atoms with E-state index in [1.807, 2.05) is 0 Å². The molecular formula is C11H20N2. The van der Waals surface area contributed by atoms with Gasteiger partial charge in [0.25, 0.3) is 0 Å². The summed E-state index contributed by atoms with van der Waals surface area (Å²) in [4.78, 5) is 2.39. The van der Waals surface area contributed by atoms with Crippen molar-refractivity contribution in [3.05, 3.63) is 0 Å². The molecule has 0 amide bonds. The van der Waals surface area contributed by atoms with E-state index in [-0.39, 0.29) is 0 Å². The van der Waals surface area contributed by atoms with Crippen LogP contribution in [0.5, 0.6) is 0 Å². The molecule has 0 N–H and O–H groups in total. The predicted octanol–water partition coefficient (Wildman–Crippen LogP) is 2.41. The molecule has 0 bridgehead atoms. The highest BCUT2D eigenvalue weighted by Crippen LogP contribution is 2.49. The standard InChI is InChI=1S/C11H20N2/c1-4-10(2)13(3)9-11(5-6-11)7-8-12/h10H,4-7,9H2,1-3H3. The number of nitrogens with zero attached hydrogens (tertiary/aromatic N) is 2. The van der Waals surface area contributed by atoms with Gasteiger partial charge in [-0.25, -0.2) is 0 Å². The molecule has 0 heterocycles. The van der Waals surface area contributed by atoms with E-state index in [0.717, 1.165) is 13.0 Å². The van der Waals surface area contributed by atoms with E-state index in [1.165, 1.54) is 19.3 Å². The van der Waals surface area contributed by atoms with Gasteiger partial charge in [0.1, 0.15) is 0 Å². The first-order valence-corrected chi connectivity index (χ1v) is 5.21. The van der Waals surface area contributed by atoms with Crippen LogP contribution in [0.2, 0.25) is 0 Å². The molecule has 0 radical (unpaired) electrons. The van der Waals surface area contributed by atoms with Gasteiger partial charge in [-0.1, -0.05) is 6.92 Å². The van der Waals surface area contributed by atoms with Gasteiger partial charge in [0.2, 0.25) is 0 Å². The van der Waals surface area contributed by atoms with E-state index in [0.29, 0.717) is 11.5 Å². The third kappa shape index (κ3) is 2.70. The zero-order chi connectivity index (χ0) is 9.90. The Hall–Kier alpha value is -0.550. The maximum absolute atomic E-state index is 8.68. The summed E-state index contributed by atoms with van der Waals surface area (Å²) in [5.41, 5.74) is 0.368. The molecule has 2 heteroatoms. The summed E-state index contributed by atoms with van der Waals surface area (Å²) < 4.78 is 0. The molecule has 74 valence electrons. The summed E-state index contributed by atoms with van der Waals surface area (Å²) in [7, 11) is 2.17. The largest absolute Gasteiger partial charge is 0.303 e. The third-order valence-electron chi connectivity index (χ3n) is 3.34. The normalized spacial score (nSPS) is 21.2. The minimum atomic E-state index is 0.368. The molecule has 1 rings (SSSR count). The second kappa shape index (κ2) is 4.11. The lowest BCUT2D eigenvalue weighted by Crippen LogP contribution is -2.33. The first-order valence-electron chi connectivity index (χ1n) is 5.21. The van der Waals surface area contributed by atoms with Gasteiger partial charge in [0, 0.05) is 19.0 Å². The highest BCUT2D eigenvalue weighted by molar-refractivity contribution is 5.01. The van der Waals surface area contributed by atoms with Crippen LogP contribution < -0.4 is 0 Å². The summed E-state index contributed by atoms with van der Waals surface area (Å²) >= 11 is 0. The number of nitriles is 1. The van der Waals surface area contributed by atoms with Gasteiger partial charge in [-0.2, -0.15) is 5.26 Å². The van der Waals surface area contributed by atoms with E-state index in [2.05, 4.69) is 31.9 Å². The molecule has 1 unspecified atom stereocenters. The molecule has 1 atom stereocenters. The molecule has 13 heavy (non-hydrogen) atoms. The van der Waals surface area contributed by atoms with E-state index < -0.39 is 0 Å². The molecule has 0 aromatic heterocycles. The fourth-order valence-corrected chi connectivity index (χ4v) is 1.73. The zero-order valence-corrected chi connectivity index (χ0v) is 9.01. The van der Waals surface area contributed by atoms with Gasteiger partial charge in [0.05, 0.1) is 6.07 Å². The van der Waals surface area contributed by atoms with Crippen LogP contribution in [0, 0.1) is 16.7 Å². The quantitative estimate of drug-likeness (QED) is 0.649. The summed E-state index contributed by atoms with van der Waals surface area (Å²) in [5, 5.41) is 8.68. The maximum Gasteiger partial charge on any atom is 0.0628 e. The van der Waals surface area contributed by atoms with Crippen molar-refractivity contribution in [3.8, 4) is 6.07 Å². The fraction of sp³-hybridized carbons (Fsp3) is 0.909. The topological polar surface area (TPSA) is 27.0 Å². The zero-order valence-electron chi connectivity index (χ0n) is 9.01. The van der Waals surface area contributed by atoms with E-state index in [1.54, 1.807) is 0 Å². The lowest BCUT2D eigenvalue weighted by Gasteiger charge is -2.27. The van der Waals surface area contributed by atoms with Crippen LogP contribution in [0.4, 0.5) is 0 Å². The van der Waals surface area contributed by atoms with E-state index in [9.17, 15) is 0 Å². The predicted molar refractivity (Wildman–Crippen MR) is 54.3 cm³/mol. The molecule has 0 aromatic carbocycles. The summed E-state index contributed by atoms with van der Waals surface area (Å²) in [5.74, 6) is 0. The monoisotopic (exact) mass is 180 g/mol. The number of rotatable bonds is 5. The Kier molecular flexibility index (Phi) is 3.33. The number of hydrogen-bond acceptors (Lipinski definition) is 2. The van der Waals surface area contributed by atoms with Gasteiger partial charge in [-0.15, -0.1) is 0 Å². The fourth-order valence-electron chi connectivity index (χ4n) is 1.73. The Morgan fingerprint density at radius 1 is 1.54 bits per heavy atom. The molecule has 2 nitrogen and oxygen atoms in total. The Bertz CT molecular complexity index is 201. The SMILES string of the molecule is CCC(C)N(C)CC1(CC#N)CC1. The molecule has 1 aliphatic carbocycles. The lowest BCUT2D eigenvalue weighted by molar-refractivity contribution is 0.204. The van der Waals surface area contributed by atoms with Crippen molar-refractivity contribution >= 4 is 0 Å². The van der Waals surface area contributed by atoms with Crippen LogP contribution in [0.15, 0.2) is 0 Å². The van der Waals surface area contributed by atoms with E-state index >= 15 is 0 Å². The summed E-state index contributed by atoms with van der Waals surface area (Å²) in [6.45, 7) is 5.57. The van der Waals surface area contributed by atoms with Crippen molar-refractivity contribution in [2.45, 2.75) is 45.6 Å². The highest BCUT2D eigenvalue weighted by atomic mass is 15.1. The minimum Gasteiger partial charge on any atom is -0.303 e. The smallest absolute Gasteiger partial charge is 0.0628 e. The Morgan fingerprint density at radius 2 is 2.15 bits per heavy atom. The van der Waals surface area contributed by atoms with Crippen molar-refractivity contribution in [3.63, 3.8) is 0 Å². The Labute approximate surface area is 81.5 Å². The molecule has 1 fully saturated rings. The summed E-state index contributed by atoms with van der Waals surface area (Å²) in [6, 6.07) is 2.96. The van der Waals surface area contributed by atoms with Gasteiger partial charge in [-0.05, 0) is 38.6 Å². The molecular weight excluding hydrogens is 160 g/mol. The maximum atomic E-state index is 8.68. The van der Waals surface area contributed by atoms with Crippen molar-refractivity contribution < 1.29 is 0 Å². The van der Waals surface area contributed by atoms with Gasteiger partial charge >= 0.3 is 0 Å². The second-order valence-electron chi connectivity index (χ2n) is 4.51. The minimum absolute atomic E-state index is 0.368. The second-order valence-corrected chi connectivity index (χ2v) is 4.51. The van der Waals surface area contributed by atoms with Crippen molar-refractivity contribution in [1.29, 1.82) is 5.26 Å². The van der Waals surface area contributed by atoms with Crippen molar-refractivity contribution in [2.24, 2.45) is 5.41 Å². The summed E-state index contributed by atoms with van der Waals surface area (Å²) in [6.07, 6.45) is 4.44. The van der Waals surface area contributed by atoms with Crippen LogP contribution in [-0.2, 0) is 0 Å². The van der Waals surface area contributed by atoms with Gasteiger partial charge in [-0.3, -0.25) is 0 Å². The van der Waals surface area contributed by atoms with Crippen LogP contribution in [-0.4, -0.2) is 24.5 Å². The van der Waals surface area contributed by atoms with Gasteiger partial charge in [0.15, 0.2) is 0 Å². The Morgan fingerprint density at radius 3 is 2.54 bits per heavy atom. The first kappa shape index (κ1) is 10.5. The number of hydrogen-bond donors (Lipinski definition) is 0. The molecule has 0 saturated heterocycles. The van der Waals surface area contributed by atoms with Crippen LogP contribution in [0.25, 0.3) is 0 Å². The van der Waals surface area contributed by atoms with Crippen LogP contribution in [0.3, 0.4) is 0 Å². The average Bonchev–Trinajstić information content (AvgIpc) is 2.84. The van der Waals surface area contributed by atoms with Crippen molar-refractivity contribution in [2.75, 3.05) is 13.6 Å². The molecule has 0 aliphatic heterocycles. The van der Waals surface area contributed by atoms with E-state index in [4.69, 9.17) is 5.26 Å². The molecule has 0 aromatic rings. The average molecular weight is 180 g/mol. The third-order valence-corrected chi connectivity index (χ3v) is 3.34. The molecule has 1 aliphatic rings. The first-order chi connectivity index (χ1) is 6.13.